The van der Waals surface area contributed by atoms with Crippen LogP contribution >= 0.6 is 11.6 Å². The molecule has 0 radical (unpaired) electrons. The van der Waals surface area contributed by atoms with Gasteiger partial charge in [0, 0.05) is 56.3 Å². The number of likely N-dealkylation sites (tertiary alicyclic amines) is 2. The normalized spacial score (nSPS) is 30.8. The van der Waals surface area contributed by atoms with Gasteiger partial charge < -0.3 is 15.0 Å². The minimum atomic E-state index is -2.58. The Morgan fingerprint density at radius 3 is 2.59 bits per heavy atom. The Morgan fingerprint density at radius 1 is 1.18 bits per heavy atom. The summed E-state index contributed by atoms with van der Waals surface area (Å²) in [6.07, 6.45) is 2.42. The molecule has 4 N–H and O–H groups in total. The molecule has 8 nitrogen and oxygen atoms in total. The maximum absolute atomic E-state index is 13.7. The maximum atomic E-state index is 13.7. The number of morpholine rings is 1. The smallest absolute Gasteiger partial charge is 0.261 e. The van der Waals surface area contributed by atoms with Crippen LogP contribution in [0.1, 0.15) is 24.8 Å². The number of alkyl halides is 2. The molecule has 0 saturated carbocycles. The molecule has 3 fully saturated rings. The van der Waals surface area contributed by atoms with Crippen LogP contribution in [0.4, 0.5) is 8.78 Å². The van der Waals surface area contributed by atoms with Gasteiger partial charge in [-0.15, -0.1) is 5.10 Å². The average Bonchev–Trinajstić information content (AvgIpc) is 3.41. The third-order valence-corrected chi connectivity index (χ3v) is 7.58. The van der Waals surface area contributed by atoms with Crippen LogP contribution in [0.15, 0.2) is 29.4 Å². The highest BCUT2D eigenvalue weighted by Crippen LogP contribution is 2.29. The Bertz CT molecular complexity index is 865. The molecule has 3 saturated heterocycles. The Morgan fingerprint density at radius 2 is 1.94 bits per heavy atom. The number of halogens is 3. The Kier molecular flexibility index (Phi) is 7.13. The summed E-state index contributed by atoms with van der Waals surface area (Å²) in [7, 11) is 0. The Hall–Kier alpha value is -1.72. The Balaban J connectivity index is 1.24. The summed E-state index contributed by atoms with van der Waals surface area (Å²) in [4.78, 5) is 6.65. The number of rotatable bonds is 5. The second-order valence-corrected chi connectivity index (χ2v) is 10.3. The van der Waals surface area contributed by atoms with E-state index in [0.29, 0.717) is 25.7 Å². The van der Waals surface area contributed by atoms with Crippen molar-refractivity contribution in [1.29, 1.82) is 0 Å². The summed E-state index contributed by atoms with van der Waals surface area (Å²) in [6.45, 7) is 3.97. The van der Waals surface area contributed by atoms with Gasteiger partial charge in [0.05, 0.1) is 19.3 Å². The number of nitrogens with one attached hydrogen (secondary N) is 2. The maximum Gasteiger partial charge on any atom is 0.261 e. The summed E-state index contributed by atoms with van der Waals surface area (Å²) in [5.74, 6) is -1.77. The molecule has 4 aliphatic heterocycles. The number of nitrogens with two attached hydrogens (primary N) is 1. The summed E-state index contributed by atoms with van der Waals surface area (Å²) in [5.41, 5.74) is 9.90. The van der Waals surface area contributed by atoms with E-state index in [9.17, 15) is 8.78 Å². The first-order valence-electron chi connectivity index (χ1n) is 12.2. The molecule has 3 atom stereocenters. The summed E-state index contributed by atoms with van der Waals surface area (Å²) >= 11 is 6.08. The van der Waals surface area contributed by atoms with Crippen LogP contribution in [0.5, 0.6) is 0 Å². The van der Waals surface area contributed by atoms with Gasteiger partial charge >= 0.3 is 0 Å². The molecule has 0 aliphatic carbocycles. The largest absolute Gasteiger partial charge is 0.374 e. The molecule has 0 amide bonds. The fraction of sp³-hybridized carbons (Fsp3) is 0.696. The molecule has 4 aliphatic rings. The van der Waals surface area contributed by atoms with Crippen molar-refractivity contribution >= 4 is 17.6 Å². The number of piperidine rings is 1. The van der Waals surface area contributed by atoms with Crippen molar-refractivity contribution in [2.75, 3.05) is 45.9 Å². The van der Waals surface area contributed by atoms with Crippen LogP contribution in [0.3, 0.4) is 0 Å². The predicted octanol–water partition coefficient (Wildman–Crippen LogP) is 1.46. The number of hydrazone groups is 1. The first-order valence-corrected chi connectivity index (χ1v) is 12.5. The predicted molar refractivity (Wildman–Crippen MR) is 128 cm³/mol. The van der Waals surface area contributed by atoms with E-state index in [0.717, 1.165) is 49.9 Å². The van der Waals surface area contributed by atoms with Crippen LogP contribution in [0.2, 0.25) is 5.02 Å². The minimum absolute atomic E-state index is 0.0580. The molecule has 3 unspecified atom stereocenters. The van der Waals surface area contributed by atoms with Gasteiger partial charge in [-0.25, -0.2) is 8.78 Å². The van der Waals surface area contributed by atoms with Crippen LogP contribution in [0.25, 0.3) is 0 Å². The van der Waals surface area contributed by atoms with E-state index in [1.807, 2.05) is 17.0 Å². The highest BCUT2D eigenvalue weighted by Gasteiger charge is 2.41. The van der Waals surface area contributed by atoms with Crippen LogP contribution in [0, 0.1) is 0 Å². The molecule has 1 aromatic carbocycles. The first kappa shape index (κ1) is 24.0. The molecule has 5 rings (SSSR count). The average molecular weight is 498 g/mol. The fourth-order valence-electron chi connectivity index (χ4n) is 5.56. The third-order valence-electron chi connectivity index (χ3n) is 7.33. The quantitative estimate of drug-likeness (QED) is 0.568. The lowest BCUT2D eigenvalue weighted by Gasteiger charge is -2.47. The monoisotopic (exact) mass is 497 g/mol. The number of hydrogen-bond donors (Lipinski definition) is 3. The van der Waals surface area contributed by atoms with Crippen molar-refractivity contribution in [1.82, 2.24) is 25.4 Å². The van der Waals surface area contributed by atoms with Gasteiger partial charge in [0.25, 0.3) is 5.92 Å². The molecule has 0 aromatic heterocycles. The second-order valence-electron chi connectivity index (χ2n) is 9.88. The standard InChI is InChI=1S/C23H34ClF2N7O/c24-17-3-1-16(2-4-17)11-19-14-34-20(12-31-10-7-23(25,26)15-31)13-33(19)18-5-8-32(9-6-18)22-28-21(27)29-30-22/h1-4,18-21,29H,5-15,27H2,(H,28,30). The molecule has 0 spiro atoms. The lowest BCUT2D eigenvalue weighted by atomic mass is 9.96. The zero-order chi connectivity index (χ0) is 23.7. The van der Waals surface area contributed by atoms with Crippen LogP contribution < -0.4 is 16.5 Å². The van der Waals surface area contributed by atoms with Crippen molar-refractivity contribution in [3.8, 4) is 0 Å². The molecule has 34 heavy (non-hydrogen) atoms. The van der Waals surface area contributed by atoms with Gasteiger partial charge in [0.15, 0.2) is 6.29 Å². The highest BCUT2D eigenvalue weighted by atomic mass is 35.5. The molecule has 4 heterocycles. The number of nitrogens with zero attached hydrogens (tertiary/aromatic N) is 4. The van der Waals surface area contributed by atoms with E-state index in [-0.39, 0.29) is 31.4 Å². The number of ether oxygens (including phenoxy) is 1. The zero-order valence-electron chi connectivity index (χ0n) is 19.3. The Labute approximate surface area is 204 Å². The topological polar surface area (TPSA) is 81.4 Å². The van der Waals surface area contributed by atoms with Crippen molar-refractivity contribution in [2.24, 2.45) is 10.8 Å². The molecule has 188 valence electrons. The number of benzene rings is 1. The van der Waals surface area contributed by atoms with E-state index >= 15 is 0 Å². The number of guanidine groups is 1. The summed E-state index contributed by atoms with van der Waals surface area (Å²) in [5, 5.41) is 8.16. The number of hydrogen-bond acceptors (Lipinski definition) is 8. The molecular weight excluding hydrogens is 464 g/mol. The van der Waals surface area contributed by atoms with E-state index < -0.39 is 5.92 Å². The second kappa shape index (κ2) is 10.1. The van der Waals surface area contributed by atoms with Crippen molar-refractivity contribution < 1.29 is 13.5 Å². The fourth-order valence-corrected chi connectivity index (χ4v) is 5.69. The van der Waals surface area contributed by atoms with Crippen molar-refractivity contribution in [3.63, 3.8) is 0 Å². The molecular formula is C23H34ClF2N7O. The SMILES string of the molecule is NC1NN=C(N2CCC(N3CC(CN4CCC(F)(F)C4)OCC3Cc3ccc(Cl)cc3)CC2)N1. The zero-order valence-corrected chi connectivity index (χ0v) is 20.1. The van der Waals surface area contributed by atoms with Gasteiger partial charge in [-0.3, -0.25) is 21.0 Å². The van der Waals surface area contributed by atoms with E-state index in [4.69, 9.17) is 22.1 Å². The van der Waals surface area contributed by atoms with E-state index in [1.165, 1.54) is 5.56 Å². The lowest BCUT2D eigenvalue weighted by Crippen LogP contribution is -2.59. The lowest BCUT2D eigenvalue weighted by molar-refractivity contribution is -0.0944. The van der Waals surface area contributed by atoms with Crippen LogP contribution in [-0.4, -0.2) is 96.9 Å². The molecule has 1 aromatic rings. The van der Waals surface area contributed by atoms with Gasteiger partial charge in [0.2, 0.25) is 5.96 Å². The van der Waals surface area contributed by atoms with E-state index in [2.05, 4.69) is 37.8 Å². The van der Waals surface area contributed by atoms with Crippen molar-refractivity contribution in [2.45, 2.75) is 56.1 Å². The van der Waals surface area contributed by atoms with Gasteiger partial charge in [-0.2, -0.15) is 0 Å². The molecule has 0 bridgehead atoms. The highest BCUT2D eigenvalue weighted by molar-refractivity contribution is 6.30. The first-order chi connectivity index (χ1) is 16.3. The van der Waals surface area contributed by atoms with E-state index in [1.54, 1.807) is 0 Å². The summed E-state index contributed by atoms with van der Waals surface area (Å²) in [6, 6.07) is 8.64. The molecule has 11 heteroatoms. The van der Waals surface area contributed by atoms with Gasteiger partial charge in [-0.1, -0.05) is 23.7 Å². The summed E-state index contributed by atoms with van der Waals surface area (Å²) < 4.78 is 33.6. The van der Waals surface area contributed by atoms with Crippen molar-refractivity contribution in [3.05, 3.63) is 34.9 Å². The van der Waals surface area contributed by atoms with Gasteiger partial charge in [-0.05, 0) is 37.0 Å². The van der Waals surface area contributed by atoms with Crippen LogP contribution in [-0.2, 0) is 11.2 Å². The van der Waals surface area contributed by atoms with Gasteiger partial charge in [0.1, 0.15) is 0 Å². The minimum Gasteiger partial charge on any atom is -0.374 e. The third kappa shape index (κ3) is 5.73.